The number of imidazole rings is 1. The number of benzene rings is 1. The third-order valence-electron chi connectivity index (χ3n) is 4.54. The van der Waals surface area contributed by atoms with Crippen LogP contribution < -0.4 is 0 Å². The standard InChI is InChI=1S/C20H16ClFN4O2/c1-11-14(10-25(2)24-11)17-13(5-4-6-15(17)22)18-19(21)26-8-7-12(20(27)28-3)9-16(26)23-18/h4-10H,1-3H3. The summed E-state index contributed by atoms with van der Waals surface area (Å²) in [6.45, 7) is 1.82. The van der Waals surface area contributed by atoms with Gasteiger partial charge < -0.3 is 4.74 Å². The summed E-state index contributed by atoms with van der Waals surface area (Å²) < 4.78 is 22.9. The number of carbonyl (C=O) groups excluding carboxylic acids is 1. The highest BCUT2D eigenvalue weighted by molar-refractivity contribution is 6.32. The number of aromatic nitrogens is 4. The first kappa shape index (κ1) is 18.2. The molecule has 0 bridgehead atoms. The minimum Gasteiger partial charge on any atom is -0.465 e. The van der Waals surface area contributed by atoms with Crippen LogP contribution in [-0.2, 0) is 11.8 Å². The van der Waals surface area contributed by atoms with Crippen LogP contribution in [-0.4, -0.2) is 32.2 Å². The Morgan fingerprint density at radius 3 is 2.71 bits per heavy atom. The fourth-order valence-electron chi connectivity index (χ4n) is 3.27. The van der Waals surface area contributed by atoms with Gasteiger partial charge in [0.25, 0.3) is 0 Å². The van der Waals surface area contributed by atoms with Gasteiger partial charge in [0.1, 0.15) is 22.3 Å². The van der Waals surface area contributed by atoms with Crippen molar-refractivity contribution in [1.29, 1.82) is 0 Å². The molecule has 3 heterocycles. The monoisotopic (exact) mass is 398 g/mol. The minimum atomic E-state index is -0.472. The summed E-state index contributed by atoms with van der Waals surface area (Å²) in [5, 5.41) is 4.63. The first-order chi connectivity index (χ1) is 13.4. The molecule has 0 atom stereocenters. The molecule has 1 aromatic carbocycles. The van der Waals surface area contributed by atoms with Crippen molar-refractivity contribution in [2.75, 3.05) is 7.11 Å². The molecule has 28 heavy (non-hydrogen) atoms. The molecule has 0 aliphatic carbocycles. The van der Waals surface area contributed by atoms with E-state index in [2.05, 4.69) is 10.1 Å². The Labute approximate surface area is 165 Å². The second kappa shape index (κ2) is 6.76. The summed E-state index contributed by atoms with van der Waals surface area (Å²) in [5.74, 6) is -0.863. The maximum Gasteiger partial charge on any atom is 0.338 e. The SMILES string of the molecule is COC(=O)c1ccn2c(Cl)c(-c3cccc(F)c3-c3cn(C)nc3C)nc2c1. The van der Waals surface area contributed by atoms with Crippen LogP contribution >= 0.6 is 11.6 Å². The quantitative estimate of drug-likeness (QED) is 0.483. The Morgan fingerprint density at radius 2 is 2.04 bits per heavy atom. The predicted octanol–water partition coefficient (Wildman–Crippen LogP) is 4.29. The Balaban J connectivity index is 1.96. The van der Waals surface area contributed by atoms with Gasteiger partial charge in [0.15, 0.2) is 0 Å². The second-order valence-corrected chi connectivity index (χ2v) is 6.71. The summed E-state index contributed by atoms with van der Waals surface area (Å²) in [6.07, 6.45) is 3.39. The molecule has 3 aromatic heterocycles. The fourth-order valence-corrected chi connectivity index (χ4v) is 3.56. The maximum absolute atomic E-state index is 14.8. The summed E-state index contributed by atoms with van der Waals surface area (Å²) >= 11 is 6.56. The number of ether oxygens (including phenoxy) is 1. The molecule has 0 radical (unpaired) electrons. The van der Waals surface area contributed by atoms with Crippen LogP contribution in [0.3, 0.4) is 0 Å². The average Bonchev–Trinajstić information content (AvgIpc) is 3.19. The van der Waals surface area contributed by atoms with Gasteiger partial charge in [-0.1, -0.05) is 23.7 Å². The van der Waals surface area contributed by atoms with Gasteiger partial charge in [-0.05, 0) is 25.1 Å². The van der Waals surface area contributed by atoms with Gasteiger partial charge in [0.05, 0.1) is 18.4 Å². The zero-order valence-electron chi connectivity index (χ0n) is 15.4. The molecule has 0 N–H and O–H groups in total. The number of hydrogen-bond donors (Lipinski definition) is 0. The maximum atomic E-state index is 14.8. The first-order valence-corrected chi connectivity index (χ1v) is 8.84. The number of esters is 1. The highest BCUT2D eigenvalue weighted by atomic mass is 35.5. The largest absolute Gasteiger partial charge is 0.465 e. The van der Waals surface area contributed by atoms with Crippen molar-refractivity contribution in [3.8, 4) is 22.4 Å². The normalized spacial score (nSPS) is 11.2. The van der Waals surface area contributed by atoms with E-state index in [9.17, 15) is 9.18 Å². The molecule has 142 valence electrons. The smallest absolute Gasteiger partial charge is 0.338 e. The van der Waals surface area contributed by atoms with Crippen LogP contribution in [0.2, 0.25) is 5.15 Å². The van der Waals surface area contributed by atoms with E-state index in [1.54, 1.807) is 52.8 Å². The number of nitrogens with zero attached hydrogens (tertiary/aromatic N) is 4. The zero-order chi connectivity index (χ0) is 20.0. The lowest BCUT2D eigenvalue weighted by Gasteiger charge is -2.08. The Kier molecular flexibility index (Phi) is 4.39. The molecule has 0 fully saturated rings. The van der Waals surface area contributed by atoms with E-state index in [0.29, 0.717) is 44.4 Å². The molecule has 0 aliphatic rings. The third-order valence-corrected chi connectivity index (χ3v) is 4.90. The van der Waals surface area contributed by atoms with Crippen LogP contribution in [0.15, 0.2) is 42.7 Å². The molecular formula is C20H16ClFN4O2. The van der Waals surface area contributed by atoms with Crippen LogP contribution in [0.5, 0.6) is 0 Å². The lowest BCUT2D eigenvalue weighted by atomic mass is 9.98. The number of carbonyl (C=O) groups is 1. The molecule has 0 unspecified atom stereocenters. The molecule has 0 saturated heterocycles. The van der Waals surface area contributed by atoms with Crippen LogP contribution in [0.25, 0.3) is 28.0 Å². The first-order valence-electron chi connectivity index (χ1n) is 8.46. The van der Waals surface area contributed by atoms with Gasteiger partial charge in [-0.15, -0.1) is 0 Å². The average molecular weight is 399 g/mol. The van der Waals surface area contributed by atoms with E-state index in [-0.39, 0.29) is 0 Å². The Bertz CT molecular complexity index is 1230. The van der Waals surface area contributed by atoms with E-state index in [1.165, 1.54) is 13.2 Å². The van der Waals surface area contributed by atoms with E-state index >= 15 is 0 Å². The van der Waals surface area contributed by atoms with Crippen molar-refractivity contribution < 1.29 is 13.9 Å². The topological polar surface area (TPSA) is 61.4 Å². The molecule has 0 saturated carbocycles. The highest BCUT2D eigenvalue weighted by Gasteiger charge is 2.22. The Morgan fingerprint density at radius 1 is 1.25 bits per heavy atom. The lowest BCUT2D eigenvalue weighted by molar-refractivity contribution is 0.0600. The Hall–Kier alpha value is -3.19. The number of rotatable bonds is 3. The molecule has 4 aromatic rings. The minimum absolute atomic E-state index is 0.319. The summed E-state index contributed by atoms with van der Waals surface area (Å²) in [6, 6.07) is 7.94. The second-order valence-electron chi connectivity index (χ2n) is 6.35. The molecule has 6 nitrogen and oxygen atoms in total. The molecule has 0 amide bonds. The fraction of sp³-hybridized carbons (Fsp3) is 0.150. The van der Waals surface area contributed by atoms with Crippen molar-refractivity contribution in [2.45, 2.75) is 6.92 Å². The van der Waals surface area contributed by atoms with Gasteiger partial charge in [0, 0.05) is 36.1 Å². The van der Waals surface area contributed by atoms with Crippen molar-refractivity contribution in [1.82, 2.24) is 19.2 Å². The predicted molar refractivity (Wildman–Crippen MR) is 104 cm³/mol. The van der Waals surface area contributed by atoms with E-state index in [1.807, 2.05) is 6.92 Å². The van der Waals surface area contributed by atoms with Crippen molar-refractivity contribution in [2.24, 2.45) is 7.05 Å². The number of halogens is 2. The highest BCUT2D eigenvalue weighted by Crippen LogP contribution is 2.38. The van der Waals surface area contributed by atoms with Gasteiger partial charge in [-0.25, -0.2) is 14.2 Å². The number of hydrogen-bond acceptors (Lipinski definition) is 4. The van der Waals surface area contributed by atoms with Crippen LogP contribution in [0, 0.1) is 12.7 Å². The van der Waals surface area contributed by atoms with Crippen LogP contribution in [0.1, 0.15) is 16.1 Å². The summed E-state index contributed by atoms with van der Waals surface area (Å²) in [5.41, 5.74) is 3.52. The molecule has 0 aliphatic heterocycles. The van der Waals surface area contributed by atoms with Gasteiger partial charge >= 0.3 is 5.97 Å². The van der Waals surface area contributed by atoms with Gasteiger partial charge in [-0.2, -0.15) is 5.10 Å². The molecule has 8 heteroatoms. The van der Waals surface area contributed by atoms with Crippen molar-refractivity contribution in [3.63, 3.8) is 0 Å². The lowest BCUT2D eigenvalue weighted by Crippen LogP contribution is -2.01. The summed E-state index contributed by atoms with van der Waals surface area (Å²) in [7, 11) is 3.09. The third kappa shape index (κ3) is 2.84. The van der Waals surface area contributed by atoms with Crippen LogP contribution in [0.4, 0.5) is 4.39 Å². The number of aryl methyl sites for hydroxylation is 2. The number of pyridine rings is 1. The van der Waals surface area contributed by atoms with E-state index in [4.69, 9.17) is 16.3 Å². The molecule has 0 spiro atoms. The van der Waals surface area contributed by atoms with Gasteiger partial charge in [-0.3, -0.25) is 9.08 Å². The van der Waals surface area contributed by atoms with E-state index in [0.717, 1.165) is 0 Å². The molecule has 4 rings (SSSR count). The van der Waals surface area contributed by atoms with E-state index < -0.39 is 11.8 Å². The van der Waals surface area contributed by atoms with Crippen molar-refractivity contribution >= 4 is 23.2 Å². The van der Waals surface area contributed by atoms with Crippen molar-refractivity contribution in [3.05, 3.63) is 65.0 Å². The number of methoxy groups -OCH3 is 1. The number of fused-ring (bicyclic) bond motifs is 1. The molecular weight excluding hydrogens is 383 g/mol. The zero-order valence-corrected chi connectivity index (χ0v) is 16.2. The summed E-state index contributed by atoms with van der Waals surface area (Å²) in [4.78, 5) is 16.3. The van der Waals surface area contributed by atoms with Gasteiger partial charge in [0.2, 0.25) is 0 Å².